The van der Waals surface area contributed by atoms with Gasteiger partial charge in [0.25, 0.3) is 0 Å². The van der Waals surface area contributed by atoms with E-state index in [1.54, 1.807) is 0 Å². The van der Waals surface area contributed by atoms with E-state index in [0.717, 1.165) is 6.08 Å². The molecule has 6 heavy (non-hydrogen) atoms. The summed E-state index contributed by atoms with van der Waals surface area (Å²) in [5.41, 5.74) is 0. The van der Waals surface area contributed by atoms with Gasteiger partial charge in [-0.25, -0.2) is 4.79 Å². The average molecular weight is 258 g/mol. The molecule has 0 aromatic heterocycles. The predicted molar refractivity (Wildman–Crippen MR) is 17.8 cm³/mol. The Bertz CT molecular complexity index is 59.8. The van der Waals surface area contributed by atoms with Crippen molar-refractivity contribution in [2.24, 2.45) is 0 Å². The fraction of sp³-hybridized carbons (Fsp3) is 0. The number of hydrogen-bond donors (Lipinski definition) is 1. The van der Waals surface area contributed by atoms with Crippen LogP contribution in [0, 0.1) is 0 Å². The third kappa shape index (κ3) is 9.11. The van der Waals surface area contributed by atoms with Gasteiger partial charge in [0.1, 0.15) is 0 Å². The molecule has 0 aliphatic heterocycles. The monoisotopic (exact) mass is 259 g/mol. The van der Waals surface area contributed by atoms with E-state index in [-0.39, 0.29) is 20.4 Å². The Balaban J connectivity index is 0. The van der Waals surface area contributed by atoms with Gasteiger partial charge in [-0.15, -0.1) is 0 Å². The number of aliphatic carboxylic acids is 1. The number of carboxylic acids is 1. The van der Waals surface area contributed by atoms with Crippen LogP contribution in [0.1, 0.15) is 0 Å². The molecule has 1 N–H and O–H groups in total. The van der Waals surface area contributed by atoms with Crippen molar-refractivity contribution >= 4 is 5.97 Å². The number of hydrogen-bond acceptors (Lipinski definition) is 1. The third-order valence-corrected chi connectivity index (χ3v) is 0.175. The SMILES string of the molecule is C=CC(=O)O.[Re]. The second-order valence-electron chi connectivity index (χ2n) is 0.542. The summed E-state index contributed by atoms with van der Waals surface area (Å²) in [6.45, 7) is 2.96. The first kappa shape index (κ1) is 9.30. The summed E-state index contributed by atoms with van der Waals surface area (Å²) in [5.74, 6) is -0.981. The molecular formula is C3H4O2Re. The molecule has 2 nitrogen and oxygen atoms in total. The summed E-state index contributed by atoms with van der Waals surface area (Å²) in [6.07, 6.45) is 0.833. The van der Waals surface area contributed by atoms with E-state index in [0.29, 0.717) is 0 Å². The van der Waals surface area contributed by atoms with Crippen LogP contribution in [0.5, 0.6) is 0 Å². The molecule has 0 bridgehead atoms. The Labute approximate surface area is 49.5 Å². The molecule has 0 aliphatic rings. The fourth-order valence-corrected chi connectivity index (χ4v) is 0. The van der Waals surface area contributed by atoms with Gasteiger partial charge < -0.3 is 5.11 Å². The van der Waals surface area contributed by atoms with Crippen LogP contribution in [0.2, 0.25) is 0 Å². The Morgan fingerprint density at radius 2 is 2.00 bits per heavy atom. The molecule has 0 aliphatic carbocycles. The normalized spacial score (nSPS) is 5.33. The molecule has 0 fully saturated rings. The first-order chi connectivity index (χ1) is 2.27. The second-order valence-corrected chi connectivity index (χ2v) is 0.542. The van der Waals surface area contributed by atoms with Crippen LogP contribution in [-0.4, -0.2) is 11.1 Å². The summed E-state index contributed by atoms with van der Waals surface area (Å²) in [4.78, 5) is 9.25. The number of carboxylic acid groups (broad SMARTS) is 1. The molecule has 0 rings (SSSR count). The van der Waals surface area contributed by atoms with E-state index in [1.165, 1.54) is 0 Å². The van der Waals surface area contributed by atoms with Crippen molar-refractivity contribution in [3.63, 3.8) is 0 Å². The zero-order valence-electron chi connectivity index (χ0n) is 3.02. The summed E-state index contributed by atoms with van der Waals surface area (Å²) < 4.78 is 0. The molecule has 0 unspecified atom stereocenters. The molecule has 0 aromatic carbocycles. The van der Waals surface area contributed by atoms with Gasteiger partial charge in [0.05, 0.1) is 0 Å². The van der Waals surface area contributed by atoms with Crippen LogP contribution in [0.4, 0.5) is 0 Å². The van der Waals surface area contributed by atoms with Gasteiger partial charge in [0.15, 0.2) is 0 Å². The Morgan fingerprint density at radius 1 is 1.83 bits per heavy atom. The predicted octanol–water partition coefficient (Wildman–Crippen LogP) is 0.254. The summed E-state index contributed by atoms with van der Waals surface area (Å²) in [5, 5.41) is 7.60. The molecule has 35 valence electrons. The van der Waals surface area contributed by atoms with Crippen LogP contribution in [0.3, 0.4) is 0 Å². The van der Waals surface area contributed by atoms with E-state index in [4.69, 9.17) is 5.11 Å². The molecule has 0 aromatic rings. The third-order valence-electron chi connectivity index (χ3n) is 0.175. The van der Waals surface area contributed by atoms with Crippen molar-refractivity contribution in [1.29, 1.82) is 0 Å². The van der Waals surface area contributed by atoms with Crippen molar-refractivity contribution < 1.29 is 30.3 Å². The van der Waals surface area contributed by atoms with Gasteiger partial charge in [-0.1, -0.05) is 6.58 Å². The van der Waals surface area contributed by atoms with Crippen LogP contribution in [0.15, 0.2) is 12.7 Å². The Morgan fingerprint density at radius 3 is 2.00 bits per heavy atom. The molecule has 0 heterocycles. The second kappa shape index (κ2) is 4.87. The zero-order chi connectivity index (χ0) is 4.28. The maximum atomic E-state index is 9.25. The minimum absolute atomic E-state index is 0. The first-order valence-corrected chi connectivity index (χ1v) is 1.12. The smallest absolute Gasteiger partial charge is 0.327 e. The van der Waals surface area contributed by atoms with Crippen LogP contribution in [0.25, 0.3) is 0 Å². The molecule has 0 saturated heterocycles. The van der Waals surface area contributed by atoms with Crippen molar-refractivity contribution in [1.82, 2.24) is 0 Å². The first-order valence-electron chi connectivity index (χ1n) is 1.12. The molecule has 0 spiro atoms. The molecule has 0 atom stereocenters. The van der Waals surface area contributed by atoms with Crippen LogP contribution >= 0.6 is 0 Å². The van der Waals surface area contributed by atoms with Crippen molar-refractivity contribution in [3.05, 3.63) is 12.7 Å². The minimum atomic E-state index is -0.981. The van der Waals surface area contributed by atoms with Gasteiger partial charge in [-0.2, -0.15) is 0 Å². The summed E-state index contributed by atoms with van der Waals surface area (Å²) in [6, 6.07) is 0. The van der Waals surface area contributed by atoms with E-state index >= 15 is 0 Å². The molecule has 0 amide bonds. The topological polar surface area (TPSA) is 37.3 Å². The van der Waals surface area contributed by atoms with Crippen molar-refractivity contribution in [2.45, 2.75) is 0 Å². The average Bonchev–Trinajstić information content (AvgIpc) is 1.38. The number of carbonyl (C=O) groups is 1. The maximum absolute atomic E-state index is 9.25. The van der Waals surface area contributed by atoms with Crippen molar-refractivity contribution in [2.75, 3.05) is 0 Å². The van der Waals surface area contributed by atoms with Gasteiger partial charge in [0.2, 0.25) is 0 Å². The zero-order valence-corrected chi connectivity index (χ0v) is 5.73. The largest absolute Gasteiger partial charge is 0.478 e. The molecule has 3 heteroatoms. The quantitative estimate of drug-likeness (QED) is 0.685. The Kier molecular flexibility index (Phi) is 7.55. The van der Waals surface area contributed by atoms with Gasteiger partial charge in [0, 0.05) is 26.5 Å². The van der Waals surface area contributed by atoms with Crippen LogP contribution < -0.4 is 0 Å². The van der Waals surface area contributed by atoms with Gasteiger partial charge in [-0.05, 0) is 0 Å². The molecular weight excluding hydrogens is 254 g/mol. The van der Waals surface area contributed by atoms with Gasteiger partial charge >= 0.3 is 5.97 Å². The van der Waals surface area contributed by atoms with Crippen LogP contribution in [-0.2, 0) is 25.2 Å². The standard InChI is InChI=1S/C3H4O2.Re/c1-2-3(4)5;/h2H,1H2,(H,4,5);. The summed E-state index contributed by atoms with van der Waals surface area (Å²) in [7, 11) is 0. The van der Waals surface area contributed by atoms with E-state index < -0.39 is 5.97 Å². The molecule has 0 saturated carbocycles. The molecule has 1 radical (unpaired) electrons. The van der Waals surface area contributed by atoms with Crippen molar-refractivity contribution in [3.8, 4) is 0 Å². The maximum Gasteiger partial charge on any atom is 0.327 e. The number of rotatable bonds is 1. The Hall–Kier alpha value is -0.128. The van der Waals surface area contributed by atoms with Gasteiger partial charge in [-0.3, -0.25) is 0 Å². The van der Waals surface area contributed by atoms with E-state index in [2.05, 4.69) is 6.58 Å². The fourth-order valence-electron chi connectivity index (χ4n) is 0. The van der Waals surface area contributed by atoms with E-state index in [1.807, 2.05) is 0 Å². The summed E-state index contributed by atoms with van der Waals surface area (Å²) >= 11 is 0. The minimum Gasteiger partial charge on any atom is -0.478 e. The van der Waals surface area contributed by atoms with E-state index in [9.17, 15) is 4.79 Å².